The first-order valence-electron chi connectivity index (χ1n) is 7.27. The molecule has 2 unspecified atom stereocenters. The van der Waals surface area contributed by atoms with Crippen LogP contribution in [0.1, 0.15) is 59.3 Å². The van der Waals surface area contributed by atoms with Crippen LogP contribution in [0, 0.1) is 5.92 Å². The molecule has 0 aliphatic heterocycles. The summed E-state index contributed by atoms with van der Waals surface area (Å²) < 4.78 is 0. The van der Waals surface area contributed by atoms with Crippen LogP contribution >= 0.6 is 0 Å². The molecule has 2 atom stereocenters. The molecule has 0 aromatic rings. The van der Waals surface area contributed by atoms with Crippen LogP contribution in [0.2, 0.25) is 0 Å². The lowest BCUT2D eigenvalue weighted by molar-refractivity contribution is -0.141. The molecule has 0 saturated heterocycles. The van der Waals surface area contributed by atoms with Crippen LogP contribution < -0.4 is 10.6 Å². The molecule has 0 bridgehead atoms. The molecule has 3 N–H and O–H groups in total. The number of urea groups is 1. The molecule has 1 saturated carbocycles. The summed E-state index contributed by atoms with van der Waals surface area (Å²) in [4.78, 5) is 22.9. The van der Waals surface area contributed by atoms with Crippen molar-refractivity contribution in [3.05, 3.63) is 0 Å². The van der Waals surface area contributed by atoms with Crippen molar-refractivity contribution in [2.75, 3.05) is 0 Å². The molecule has 0 heterocycles. The summed E-state index contributed by atoms with van der Waals surface area (Å²) in [5.74, 6) is -1.06. The Labute approximate surface area is 115 Å². The Morgan fingerprint density at radius 3 is 2.16 bits per heavy atom. The maximum atomic E-state index is 12.0. The average Bonchev–Trinajstić information content (AvgIpc) is 2.84. The van der Waals surface area contributed by atoms with Crippen molar-refractivity contribution in [1.82, 2.24) is 10.6 Å². The van der Waals surface area contributed by atoms with Gasteiger partial charge in [0, 0.05) is 11.6 Å². The Morgan fingerprint density at radius 2 is 1.74 bits per heavy atom. The molecule has 0 aromatic heterocycles. The van der Waals surface area contributed by atoms with Gasteiger partial charge in [-0.1, -0.05) is 20.8 Å². The van der Waals surface area contributed by atoms with Gasteiger partial charge in [0.25, 0.3) is 0 Å². The van der Waals surface area contributed by atoms with Crippen LogP contribution in [0.15, 0.2) is 0 Å². The second-order valence-electron chi connectivity index (χ2n) is 5.48. The quantitative estimate of drug-likeness (QED) is 0.694. The number of nitrogens with one attached hydrogen (secondary N) is 2. The number of carboxylic acid groups (broad SMARTS) is 1. The number of carboxylic acids is 1. The van der Waals surface area contributed by atoms with Crippen LogP contribution in [-0.4, -0.2) is 28.7 Å². The van der Waals surface area contributed by atoms with Gasteiger partial charge < -0.3 is 15.7 Å². The minimum Gasteiger partial charge on any atom is -0.481 e. The Balaban J connectivity index is 2.46. The van der Waals surface area contributed by atoms with Crippen LogP contribution in [0.25, 0.3) is 0 Å². The fraction of sp³-hybridized carbons (Fsp3) is 0.857. The Bertz CT molecular complexity index is 318. The van der Waals surface area contributed by atoms with Gasteiger partial charge in [-0.3, -0.25) is 4.79 Å². The monoisotopic (exact) mass is 270 g/mol. The van der Waals surface area contributed by atoms with E-state index < -0.39 is 5.97 Å². The highest BCUT2D eigenvalue weighted by atomic mass is 16.4. The van der Waals surface area contributed by atoms with E-state index in [9.17, 15) is 9.59 Å². The first-order valence-corrected chi connectivity index (χ1v) is 7.27. The molecule has 2 amide bonds. The van der Waals surface area contributed by atoms with E-state index in [0.717, 1.165) is 25.7 Å². The van der Waals surface area contributed by atoms with E-state index in [1.165, 1.54) is 0 Å². The summed E-state index contributed by atoms with van der Waals surface area (Å²) in [6.07, 6.45) is 4.64. The number of rotatable bonds is 6. The molecule has 1 aliphatic rings. The highest BCUT2D eigenvalue weighted by Crippen LogP contribution is 2.26. The maximum Gasteiger partial charge on any atom is 0.315 e. The van der Waals surface area contributed by atoms with Gasteiger partial charge in [0.1, 0.15) is 0 Å². The molecule has 19 heavy (non-hydrogen) atoms. The molecule has 110 valence electrons. The predicted octanol–water partition coefficient (Wildman–Crippen LogP) is 2.51. The predicted molar refractivity (Wildman–Crippen MR) is 74.0 cm³/mol. The van der Waals surface area contributed by atoms with Gasteiger partial charge in [-0.05, 0) is 38.5 Å². The number of carbonyl (C=O) groups is 2. The van der Waals surface area contributed by atoms with Gasteiger partial charge in [0.2, 0.25) is 0 Å². The van der Waals surface area contributed by atoms with Crippen LogP contribution in [0.5, 0.6) is 0 Å². The normalized spacial score (nSPS) is 23.1. The lowest BCUT2D eigenvalue weighted by Gasteiger charge is -2.32. The van der Waals surface area contributed by atoms with Crippen LogP contribution in [0.4, 0.5) is 4.79 Å². The topological polar surface area (TPSA) is 78.4 Å². The standard InChI is InChI=1S/C14H26N2O3/c1-4-14(5-2,6-3)16-13(19)15-11-8-7-10(9-11)12(17)18/h10-11H,4-9H2,1-3H3,(H,17,18)(H2,15,16,19). The first-order chi connectivity index (χ1) is 8.96. The first kappa shape index (κ1) is 15.8. The van der Waals surface area contributed by atoms with E-state index in [1.54, 1.807) is 0 Å². The van der Waals surface area contributed by atoms with Gasteiger partial charge in [-0.2, -0.15) is 0 Å². The molecule has 1 rings (SSSR count). The highest BCUT2D eigenvalue weighted by Gasteiger charge is 2.32. The summed E-state index contributed by atoms with van der Waals surface area (Å²) in [7, 11) is 0. The van der Waals surface area contributed by atoms with Crippen molar-refractivity contribution >= 4 is 12.0 Å². The number of hydrogen-bond donors (Lipinski definition) is 3. The largest absolute Gasteiger partial charge is 0.481 e. The molecule has 0 aromatic carbocycles. The lowest BCUT2D eigenvalue weighted by atomic mass is 9.90. The molecular weight excluding hydrogens is 244 g/mol. The third kappa shape index (κ3) is 4.11. The van der Waals surface area contributed by atoms with Crippen molar-refractivity contribution in [2.45, 2.75) is 70.9 Å². The molecule has 0 radical (unpaired) electrons. The third-order valence-electron chi connectivity index (χ3n) is 4.53. The van der Waals surface area contributed by atoms with Gasteiger partial charge >= 0.3 is 12.0 Å². The number of aliphatic carboxylic acids is 1. The second kappa shape index (κ2) is 6.78. The summed E-state index contributed by atoms with van der Waals surface area (Å²) in [6.45, 7) is 6.22. The van der Waals surface area contributed by atoms with Crippen molar-refractivity contribution in [2.24, 2.45) is 5.92 Å². The van der Waals surface area contributed by atoms with Crippen molar-refractivity contribution in [3.63, 3.8) is 0 Å². The third-order valence-corrected chi connectivity index (χ3v) is 4.53. The zero-order valence-corrected chi connectivity index (χ0v) is 12.2. The van der Waals surface area contributed by atoms with Crippen molar-refractivity contribution in [3.8, 4) is 0 Å². The number of amides is 2. The fourth-order valence-corrected chi connectivity index (χ4v) is 2.81. The molecule has 5 nitrogen and oxygen atoms in total. The number of hydrogen-bond acceptors (Lipinski definition) is 2. The van der Waals surface area contributed by atoms with Crippen LogP contribution in [-0.2, 0) is 4.79 Å². The van der Waals surface area contributed by atoms with E-state index in [1.807, 2.05) is 0 Å². The van der Waals surface area contributed by atoms with Gasteiger partial charge in [0.15, 0.2) is 0 Å². The minimum atomic E-state index is -0.755. The summed E-state index contributed by atoms with van der Waals surface area (Å²) >= 11 is 0. The smallest absolute Gasteiger partial charge is 0.315 e. The van der Waals surface area contributed by atoms with E-state index >= 15 is 0 Å². The molecule has 1 aliphatic carbocycles. The van der Waals surface area contributed by atoms with Gasteiger partial charge in [-0.25, -0.2) is 4.79 Å². The van der Waals surface area contributed by atoms with E-state index in [0.29, 0.717) is 12.8 Å². The molecule has 1 fully saturated rings. The Kier molecular flexibility index (Phi) is 5.63. The van der Waals surface area contributed by atoms with Gasteiger partial charge in [0.05, 0.1) is 5.92 Å². The average molecular weight is 270 g/mol. The van der Waals surface area contributed by atoms with Crippen LogP contribution in [0.3, 0.4) is 0 Å². The Hall–Kier alpha value is -1.26. The van der Waals surface area contributed by atoms with E-state index in [-0.39, 0.29) is 23.5 Å². The SMILES string of the molecule is CCC(CC)(CC)NC(=O)NC1CCC(C(=O)O)C1. The maximum absolute atomic E-state index is 12.0. The molecular formula is C14H26N2O3. The lowest BCUT2D eigenvalue weighted by Crippen LogP contribution is -2.53. The molecule has 5 heteroatoms. The second-order valence-corrected chi connectivity index (χ2v) is 5.48. The Morgan fingerprint density at radius 1 is 1.16 bits per heavy atom. The van der Waals surface area contributed by atoms with Gasteiger partial charge in [-0.15, -0.1) is 0 Å². The summed E-state index contributed by atoms with van der Waals surface area (Å²) in [6, 6.07) is -0.175. The highest BCUT2D eigenvalue weighted by molar-refractivity contribution is 5.75. The van der Waals surface area contributed by atoms with E-state index in [2.05, 4.69) is 31.4 Å². The zero-order chi connectivity index (χ0) is 14.5. The number of carbonyl (C=O) groups excluding carboxylic acids is 1. The van der Waals surface area contributed by atoms with Crippen molar-refractivity contribution in [1.29, 1.82) is 0 Å². The summed E-state index contributed by atoms with van der Waals surface area (Å²) in [5, 5.41) is 14.9. The van der Waals surface area contributed by atoms with Crippen molar-refractivity contribution < 1.29 is 14.7 Å². The summed E-state index contributed by atoms with van der Waals surface area (Å²) in [5.41, 5.74) is -0.144. The molecule has 0 spiro atoms. The fourth-order valence-electron chi connectivity index (χ4n) is 2.81. The zero-order valence-electron chi connectivity index (χ0n) is 12.2. The van der Waals surface area contributed by atoms with E-state index in [4.69, 9.17) is 5.11 Å². The minimum absolute atomic E-state index is 0.00984.